The van der Waals surface area contributed by atoms with E-state index in [2.05, 4.69) is 35.4 Å². The molecule has 0 aromatic heterocycles. The summed E-state index contributed by atoms with van der Waals surface area (Å²) in [5.41, 5.74) is 0. The lowest BCUT2D eigenvalue weighted by molar-refractivity contribution is -0.138. The molecule has 2 aliphatic heterocycles. The van der Waals surface area contributed by atoms with Crippen molar-refractivity contribution in [3.05, 3.63) is 0 Å². The van der Waals surface area contributed by atoms with Crippen LogP contribution in [0, 0.1) is 11.8 Å². The highest BCUT2D eigenvalue weighted by Gasteiger charge is 2.28. The molecule has 3 nitrogen and oxygen atoms in total. The van der Waals surface area contributed by atoms with E-state index in [1.165, 1.54) is 37.3 Å². The molecule has 122 valence electrons. The Bertz CT molecular complexity index is 308. The number of hydrogen-bond acceptors (Lipinski definition) is 3. The molecule has 0 atom stereocenters. The highest BCUT2D eigenvalue weighted by Crippen LogP contribution is 2.22. The first kappa shape index (κ1) is 17.1. The van der Waals surface area contributed by atoms with Crippen molar-refractivity contribution in [3.63, 3.8) is 0 Å². The van der Waals surface area contributed by atoms with Crippen molar-refractivity contribution >= 4 is 17.7 Å². The number of carbonyl (C=O) groups is 1. The maximum Gasteiger partial charge on any atom is 0.225 e. The number of nitrogens with zero attached hydrogens (tertiary/aromatic N) is 2. The minimum Gasteiger partial charge on any atom is -0.342 e. The smallest absolute Gasteiger partial charge is 0.225 e. The molecule has 0 spiro atoms. The van der Waals surface area contributed by atoms with E-state index >= 15 is 0 Å². The van der Waals surface area contributed by atoms with Crippen LogP contribution >= 0.6 is 11.8 Å². The zero-order chi connectivity index (χ0) is 15.1. The Hall–Kier alpha value is -0.220. The summed E-state index contributed by atoms with van der Waals surface area (Å²) in [6, 6.07) is 0. The van der Waals surface area contributed by atoms with E-state index in [-0.39, 0.29) is 0 Å². The fourth-order valence-electron chi connectivity index (χ4n) is 3.29. The molecule has 0 saturated carbocycles. The largest absolute Gasteiger partial charge is 0.342 e. The second kappa shape index (κ2) is 9.04. The summed E-state index contributed by atoms with van der Waals surface area (Å²) in [4.78, 5) is 17.2. The third-order valence-corrected chi connectivity index (χ3v) is 5.98. The molecule has 0 bridgehead atoms. The Morgan fingerprint density at radius 2 is 1.76 bits per heavy atom. The minimum absolute atomic E-state index is 0.308. The fraction of sp³-hybridized carbons (Fsp3) is 0.941. The van der Waals surface area contributed by atoms with Gasteiger partial charge in [0.05, 0.1) is 0 Å². The standard InChI is InChI=1S/C17H32N2OS/c1-15(2)14-21-13-12-18-10-6-16(7-11-18)17(20)19-8-4-3-5-9-19/h15-16H,3-14H2,1-2H3. The molecule has 0 aromatic rings. The van der Waals surface area contributed by atoms with Gasteiger partial charge in [-0.15, -0.1) is 0 Å². The van der Waals surface area contributed by atoms with E-state index in [9.17, 15) is 4.79 Å². The van der Waals surface area contributed by atoms with Crippen molar-refractivity contribution < 1.29 is 4.79 Å². The maximum atomic E-state index is 12.5. The molecule has 2 saturated heterocycles. The first-order chi connectivity index (χ1) is 10.2. The molecule has 4 heteroatoms. The summed E-state index contributed by atoms with van der Waals surface area (Å²) in [7, 11) is 0. The molecule has 2 heterocycles. The molecule has 1 amide bonds. The molecule has 21 heavy (non-hydrogen) atoms. The zero-order valence-corrected chi connectivity index (χ0v) is 14.7. The van der Waals surface area contributed by atoms with Gasteiger partial charge >= 0.3 is 0 Å². The average molecular weight is 313 g/mol. The van der Waals surface area contributed by atoms with Crippen molar-refractivity contribution in [2.45, 2.75) is 46.0 Å². The predicted molar refractivity (Wildman–Crippen MR) is 91.8 cm³/mol. The number of carbonyl (C=O) groups excluding carboxylic acids is 1. The van der Waals surface area contributed by atoms with Crippen molar-refractivity contribution in [1.82, 2.24) is 9.80 Å². The van der Waals surface area contributed by atoms with Gasteiger partial charge in [0.25, 0.3) is 0 Å². The SMILES string of the molecule is CC(C)CSCCN1CCC(C(=O)N2CCCCC2)CC1. The van der Waals surface area contributed by atoms with Crippen LogP contribution in [0.15, 0.2) is 0 Å². The molecule has 0 aliphatic carbocycles. The molecule has 0 N–H and O–H groups in total. The maximum absolute atomic E-state index is 12.5. The summed E-state index contributed by atoms with van der Waals surface area (Å²) in [6.07, 6.45) is 5.86. The summed E-state index contributed by atoms with van der Waals surface area (Å²) < 4.78 is 0. The van der Waals surface area contributed by atoms with E-state index in [0.29, 0.717) is 11.8 Å². The molecule has 0 radical (unpaired) electrons. The molecule has 2 rings (SSSR count). The van der Waals surface area contributed by atoms with Gasteiger partial charge in [0, 0.05) is 31.3 Å². The summed E-state index contributed by atoms with van der Waals surface area (Å²) in [5, 5.41) is 0. The second-order valence-corrected chi connectivity index (χ2v) is 8.12. The van der Waals surface area contributed by atoms with Gasteiger partial charge in [-0.05, 0) is 56.9 Å². The van der Waals surface area contributed by atoms with Crippen molar-refractivity contribution in [2.24, 2.45) is 11.8 Å². The van der Waals surface area contributed by atoms with Crippen LogP contribution in [0.5, 0.6) is 0 Å². The van der Waals surface area contributed by atoms with Gasteiger partial charge in [-0.2, -0.15) is 11.8 Å². The highest BCUT2D eigenvalue weighted by atomic mass is 32.2. The lowest BCUT2D eigenvalue weighted by atomic mass is 9.94. The molecule has 2 fully saturated rings. The lowest BCUT2D eigenvalue weighted by Gasteiger charge is -2.35. The normalized spacial score (nSPS) is 22.0. The Kier molecular flexibility index (Phi) is 7.38. The average Bonchev–Trinajstić information content (AvgIpc) is 2.52. The van der Waals surface area contributed by atoms with E-state index in [1.807, 2.05) is 0 Å². The first-order valence-electron chi connectivity index (χ1n) is 8.75. The Balaban J connectivity index is 1.62. The van der Waals surface area contributed by atoms with Gasteiger partial charge < -0.3 is 9.80 Å². The van der Waals surface area contributed by atoms with Crippen molar-refractivity contribution in [3.8, 4) is 0 Å². The van der Waals surface area contributed by atoms with Crippen LogP contribution in [-0.2, 0) is 4.79 Å². The summed E-state index contributed by atoms with van der Waals surface area (Å²) >= 11 is 2.07. The topological polar surface area (TPSA) is 23.6 Å². The molecular weight excluding hydrogens is 280 g/mol. The van der Waals surface area contributed by atoms with Crippen LogP contribution in [0.25, 0.3) is 0 Å². The van der Waals surface area contributed by atoms with Crippen LogP contribution in [0.1, 0.15) is 46.0 Å². The van der Waals surface area contributed by atoms with Gasteiger partial charge in [-0.3, -0.25) is 4.79 Å². The Morgan fingerprint density at radius 1 is 1.10 bits per heavy atom. The lowest BCUT2D eigenvalue weighted by Crippen LogP contribution is -2.44. The number of rotatable bonds is 6. The van der Waals surface area contributed by atoms with Gasteiger partial charge in [-0.25, -0.2) is 0 Å². The van der Waals surface area contributed by atoms with E-state index in [0.717, 1.165) is 44.9 Å². The van der Waals surface area contributed by atoms with Gasteiger partial charge in [0.2, 0.25) is 5.91 Å². The monoisotopic (exact) mass is 312 g/mol. The minimum atomic E-state index is 0.308. The zero-order valence-electron chi connectivity index (χ0n) is 13.9. The van der Waals surface area contributed by atoms with Crippen LogP contribution in [0.4, 0.5) is 0 Å². The van der Waals surface area contributed by atoms with Crippen molar-refractivity contribution in [1.29, 1.82) is 0 Å². The number of piperidine rings is 2. The number of likely N-dealkylation sites (tertiary alicyclic amines) is 2. The molecule has 0 unspecified atom stereocenters. The van der Waals surface area contributed by atoms with Crippen molar-refractivity contribution in [2.75, 3.05) is 44.2 Å². The van der Waals surface area contributed by atoms with Gasteiger partial charge in [-0.1, -0.05) is 13.8 Å². The third-order valence-electron chi connectivity index (χ3n) is 4.61. The second-order valence-electron chi connectivity index (χ2n) is 6.97. The number of amides is 1. The third kappa shape index (κ3) is 5.82. The number of thioether (sulfide) groups is 1. The van der Waals surface area contributed by atoms with E-state index in [4.69, 9.17) is 0 Å². The van der Waals surface area contributed by atoms with Crippen LogP contribution in [0.3, 0.4) is 0 Å². The van der Waals surface area contributed by atoms with E-state index in [1.54, 1.807) is 0 Å². The quantitative estimate of drug-likeness (QED) is 0.704. The van der Waals surface area contributed by atoms with Crippen LogP contribution < -0.4 is 0 Å². The Labute approximate surface area is 134 Å². The fourth-order valence-corrected chi connectivity index (χ4v) is 4.31. The Morgan fingerprint density at radius 3 is 2.38 bits per heavy atom. The van der Waals surface area contributed by atoms with Gasteiger partial charge in [0.15, 0.2) is 0 Å². The predicted octanol–water partition coefficient (Wildman–Crippen LogP) is 3.10. The molecule has 0 aromatic carbocycles. The molecular formula is C17H32N2OS. The number of hydrogen-bond donors (Lipinski definition) is 0. The highest BCUT2D eigenvalue weighted by molar-refractivity contribution is 7.99. The summed E-state index contributed by atoms with van der Waals surface area (Å²) in [6.45, 7) is 10.0. The molecule has 2 aliphatic rings. The van der Waals surface area contributed by atoms with Crippen LogP contribution in [-0.4, -0.2) is 59.9 Å². The van der Waals surface area contributed by atoms with Crippen LogP contribution in [0.2, 0.25) is 0 Å². The first-order valence-corrected chi connectivity index (χ1v) is 9.91. The van der Waals surface area contributed by atoms with E-state index < -0.39 is 0 Å². The summed E-state index contributed by atoms with van der Waals surface area (Å²) in [5.74, 6) is 4.06. The van der Waals surface area contributed by atoms with Gasteiger partial charge in [0.1, 0.15) is 0 Å².